The molecule has 0 heterocycles. The minimum absolute atomic E-state index is 0.459. The smallest absolute Gasteiger partial charge is 0.126 e. The Bertz CT molecular complexity index is 388. The number of rotatable bonds is 4. The molecule has 0 bridgehead atoms. The summed E-state index contributed by atoms with van der Waals surface area (Å²) in [4.78, 5) is 4.24. The van der Waals surface area contributed by atoms with Gasteiger partial charge in [0.25, 0.3) is 0 Å². The van der Waals surface area contributed by atoms with Crippen LogP contribution in [0.1, 0.15) is 30.9 Å². The molecule has 0 aliphatic carbocycles. The number of unbranched alkanes of at least 4 members (excludes halogenated alkanes) is 1. The number of hydrogen-bond donors (Lipinski definition) is 1. The molecule has 78 valence electrons. The molecule has 0 radical (unpaired) electrons. The Morgan fingerprint density at radius 3 is 2.87 bits per heavy atom. The second kappa shape index (κ2) is 5.82. The minimum Gasteiger partial charge on any atom is -0.383 e. The molecule has 0 aliphatic rings. The van der Waals surface area contributed by atoms with Crippen LogP contribution in [0.15, 0.2) is 29.3 Å². The zero-order chi connectivity index (χ0) is 11.1. The van der Waals surface area contributed by atoms with Crippen molar-refractivity contribution in [2.45, 2.75) is 19.8 Å². The number of nitrogens with two attached hydrogens (primary N) is 1. The molecule has 3 nitrogen and oxygen atoms in total. The van der Waals surface area contributed by atoms with Crippen molar-refractivity contribution in [2.24, 2.45) is 10.7 Å². The van der Waals surface area contributed by atoms with Crippen LogP contribution in [-0.4, -0.2) is 12.4 Å². The first-order chi connectivity index (χ1) is 7.29. The molecular weight excluding hydrogens is 186 g/mol. The minimum atomic E-state index is 0.459. The summed E-state index contributed by atoms with van der Waals surface area (Å²) in [5.41, 5.74) is 7.12. The predicted octanol–water partition coefficient (Wildman–Crippen LogP) is 2.06. The summed E-state index contributed by atoms with van der Waals surface area (Å²) < 4.78 is 0. The van der Waals surface area contributed by atoms with Crippen molar-refractivity contribution >= 4 is 5.84 Å². The molecule has 0 aromatic heterocycles. The first kappa shape index (κ1) is 11.3. The van der Waals surface area contributed by atoms with Crippen molar-refractivity contribution in [1.29, 1.82) is 5.26 Å². The highest BCUT2D eigenvalue weighted by atomic mass is 14.8. The highest BCUT2D eigenvalue weighted by molar-refractivity contribution is 5.99. The Morgan fingerprint density at radius 2 is 2.20 bits per heavy atom. The van der Waals surface area contributed by atoms with E-state index in [0.29, 0.717) is 11.4 Å². The molecule has 0 saturated carbocycles. The summed E-state index contributed by atoms with van der Waals surface area (Å²) in [5.74, 6) is 0.459. The maximum atomic E-state index is 8.88. The monoisotopic (exact) mass is 201 g/mol. The van der Waals surface area contributed by atoms with Crippen LogP contribution >= 0.6 is 0 Å². The van der Waals surface area contributed by atoms with E-state index in [4.69, 9.17) is 11.0 Å². The molecule has 0 unspecified atom stereocenters. The Kier molecular flexibility index (Phi) is 4.36. The standard InChI is InChI=1S/C12H15N3/c1-2-3-8-15-12(14)11-7-5-4-6-10(11)9-13/h4-7H,2-3,8H2,1H3,(H2,14,15). The van der Waals surface area contributed by atoms with Crippen LogP contribution in [0.3, 0.4) is 0 Å². The summed E-state index contributed by atoms with van der Waals surface area (Å²) >= 11 is 0. The lowest BCUT2D eigenvalue weighted by Crippen LogP contribution is -2.15. The third kappa shape index (κ3) is 3.10. The zero-order valence-electron chi connectivity index (χ0n) is 8.90. The molecule has 1 rings (SSSR count). The van der Waals surface area contributed by atoms with Gasteiger partial charge in [-0.05, 0) is 18.6 Å². The second-order valence-electron chi connectivity index (χ2n) is 3.28. The van der Waals surface area contributed by atoms with E-state index in [-0.39, 0.29) is 0 Å². The van der Waals surface area contributed by atoms with Gasteiger partial charge in [0.15, 0.2) is 0 Å². The van der Waals surface area contributed by atoms with Crippen molar-refractivity contribution in [3.8, 4) is 6.07 Å². The van der Waals surface area contributed by atoms with E-state index >= 15 is 0 Å². The fraction of sp³-hybridized carbons (Fsp3) is 0.333. The third-order valence-electron chi connectivity index (χ3n) is 2.12. The average molecular weight is 201 g/mol. The van der Waals surface area contributed by atoms with Crippen LogP contribution in [0.4, 0.5) is 0 Å². The number of aliphatic imine (C=N–C) groups is 1. The third-order valence-corrected chi connectivity index (χ3v) is 2.12. The molecule has 3 heteroatoms. The van der Waals surface area contributed by atoms with Gasteiger partial charge >= 0.3 is 0 Å². The van der Waals surface area contributed by atoms with Gasteiger partial charge in [-0.1, -0.05) is 25.5 Å². The zero-order valence-corrected chi connectivity index (χ0v) is 8.90. The van der Waals surface area contributed by atoms with Gasteiger partial charge in [-0.15, -0.1) is 0 Å². The lowest BCUT2D eigenvalue weighted by Gasteiger charge is -2.02. The first-order valence-electron chi connectivity index (χ1n) is 5.09. The molecule has 0 fully saturated rings. The van der Waals surface area contributed by atoms with E-state index in [2.05, 4.69) is 18.0 Å². The Hall–Kier alpha value is -1.82. The van der Waals surface area contributed by atoms with Gasteiger partial charge < -0.3 is 5.73 Å². The number of hydrogen-bond acceptors (Lipinski definition) is 2. The van der Waals surface area contributed by atoms with Crippen LogP contribution < -0.4 is 5.73 Å². The molecule has 0 atom stereocenters. The van der Waals surface area contributed by atoms with Crippen LogP contribution in [0.5, 0.6) is 0 Å². The SMILES string of the molecule is CCCCN=C(N)c1ccccc1C#N. The number of nitrogens with zero attached hydrogens (tertiary/aromatic N) is 2. The fourth-order valence-corrected chi connectivity index (χ4v) is 1.25. The van der Waals surface area contributed by atoms with Crippen LogP contribution in [-0.2, 0) is 0 Å². The molecule has 2 N–H and O–H groups in total. The Balaban J connectivity index is 2.86. The van der Waals surface area contributed by atoms with Crippen molar-refractivity contribution in [1.82, 2.24) is 0 Å². The summed E-state index contributed by atoms with van der Waals surface area (Å²) in [6, 6.07) is 9.36. The van der Waals surface area contributed by atoms with Gasteiger partial charge in [-0.25, -0.2) is 0 Å². The van der Waals surface area contributed by atoms with Crippen LogP contribution in [0.2, 0.25) is 0 Å². The molecule has 0 aliphatic heterocycles. The topological polar surface area (TPSA) is 62.2 Å². The number of amidine groups is 1. The maximum absolute atomic E-state index is 8.88. The second-order valence-corrected chi connectivity index (χ2v) is 3.28. The summed E-state index contributed by atoms with van der Waals surface area (Å²) in [6.07, 6.45) is 2.12. The van der Waals surface area contributed by atoms with Crippen molar-refractivity contribution < 1.29 is 0 Å². The van der Waals surface area contributed by atoms with Gasteiger partial charge in [-0.2, -0.15) is 5.26 Å². The average Bonchev–Trinajstić information content (AvgIpc) is 2.29. The van der Waals surface area contributed by atoms with E-state index in [1.807, 2.05) is 18.2 Å². The largest absolute Gasteiger partial charge is 0.383 e. The number of nitriles is 1. The molecule has 15 heavy (non-hydrogen) atoms. The van der Waals surface area contributed by atoms with Gasteiger partial charge in [0.05, 0.1) is 11.6 Å². The molecular formula is C12H15N3. The molecule has 1 aromatic carbocycles. The van der Waals surface area contributed by atoms with Crippen molar-refractivity contribution in [2.75, 3.05) is 6.54 Å². The van der Waals surface area contributed by atoms with Crippen LogP contribution in [0, 0.1) is 11.3 Å². The maximum Gasteiger partial charge on any atom is 0.126 e. The van der Waals surface area contributed by atoms with Crippen molar-refractivity contribution in [3.63, 3.8) is 0 Å². The Morgan fingerprint density at radius 1 is 1.47 bits per heavy atom. The summed E-state index contributed by atoms with van der Waals surface area (Å²) in [7, 11) is 0. The molecule has 0 amide bonds. The van der Waals surface area contributed by atoms with Crippen molar-refractivity contribution in [3.05, 3.63) is 35.4 Å². The van der Waals surface area contributed by atoms with Gasteiger partial charge in [0, 0.05) is 12.1 Å². The van der Waals surface area contributed by atoms with E-state index in [1.54, 1.807) is 6.07 Å². The normalized spacial score (nSPS) is 11.1. The van der Waals surface area contributed by atoms with Gasteiger partial charge in [0.1, 0.15) is 5.84 Å². The quantitative estimate of drug-likeness (QED) is 0.460. The van der Waals surface area contributed by atoms with Gasteiger partial charge in [0.2, 0.25) is 0 Å². The highest BCUT2D eigenvalue weighted by Crippen LogP contribution is 2.06. The predicted molar refractivity (Wildman–Crippen MR) is 61.7 cm³/mol. The summed E-state index contributed by atoms with van der Waals surface area (Å²) in [5, 5.41) is 8.88. The molecule has 1 aromatic rings. The Labute approximate surface area is 90.2 Å². The van der Waals surface area contributed by atoms with Crippen LogP contribution in [0.25, 0.3) is 0 Å². The lowest BCUT2D eigenvalue weighted by atomic mass is 10.1. The summed E-state index contributed by atoms with van der Waals surface area (Å²) in [6.45, 7) is 2.83. The number of benzene rings is 1. The van der Waals surface area contributed by atoms with E-state index < -0.39 is 0 Å². The highest BCUT2D eigenvalue weighted by Gasteiger charge is 2.03. The molecule has 0 spiro atoms. The fourth-order valence-electron chi connectivity index (χ4n) is 1.25. The van der Waals surface area contributed by atoms with Gasteiger partial charge in [-0.3, -0.25) is 4.99 Å². The first-order valence-corrected chi connectivity index (χ1v) is 5.09. The van der Waals surface area contributed by atoms with E-state index in [1.165, 1.54) is 0 Å². The van der Waals surface area contributed by atoms with E-state index in [0.717, 1.165) is 24.9 Å². The molecule has 0 saturated heterocycles. The lowest BCUT2D eigenvalue weighted by molar-refractivity contribution is 0.807. The van der Waals surface area contributed by atoms with E-state index in [9.17, 15) is 0 Å².